The van der Waals surface area contributed by atoms with Gasteiger partial charge in [-0.15, -0.1) is 0 Å². The lowest BCUT2D eigenvalue weighted by molar-refractivity contribution is 0.0191. The zero-order chi connectivity index (χ0) is 17.8. The van der Waals surface area contributed by atoms with Gasteiger partial charge in [-0.05, 0) is 51.5 Å². The predicted octanol–water partition coefficient (Wildman–Crippen LogP) is 3.02. The maximum Gasteiger partial charge on any atom is 0.407 e. The van der Waals surface area contributed by atoms with Gasteiger partial charge in [-0.25, -0.2) is 4.79 Å². The van der Waals surface area contributed by atoms with Gasteiger partial charge in [0.1, 0.15) is 5.60 Å². The van der Waals surface area contributed by atoms with E-state index in [2.05, 4.69) is 37.9 Å². The molecule has 5 nitrogen and oxygen atoms in total. The molecule has 136 valence electrons. The summed E-state index contributed by atoms with van der Waals surface area (Å²) in [5, 5.41) is 13.4. The topological polar surface area (TPSA) is 61.8 Å². The van der Waals surface area contributed by atoms with Crippen LogP contribution in [0.3, 0.4) is 0 Å². The smallest absolute Gasteiger partial charge is 0.407 e. The molecule has 0 radical (unpaired) electrons. The van der Waals surface area contributed by atoms with Crippen molar-refractivity contribution in [3.63, 3.8) is 0 Å². The standard InChI is InChI=1S/C18H36N2O3/c1-8-20-11-13(10-15(21)17(2,3)4)9-14(12-20)19-16(22)23-18(5,6)7/h13-15,21H,8-12H2,1-7H3,(H,19,22). The lowest BCUT2D eigenvalue weighted by Gasteiger charge is -2.39. The molecule has 0 aromatic carbocycles. The van der Waals surface area contributed by atoms with Crippen LogP contribution in [-0.2, 0) is 4.74 Å². The number of ether oxygens (including phenoxy) is 1. The molecule has 1 fully saturated rings. The van der Waals surface area contributed by atoms with Crippen molar-refractivity contribution in [2.24, 2.45) is 11.3 Å². The van der Waals surface area contributed by atoms with E-state index in [-0.39, 0.29) is 23.7 Å². The molecule has 0 bridgehead atoms. The molecule has 1 heterocycles. The van der Waals surface area contributed by atoms with Crippen LogP contribution in [0.1, 0.15) is 61.3 Å². The average molecular weight is 328 g/mol. The van der Waals surface area contributed by atoms with Crippen LogP contribution in [0.25, 0.3) is 0 Å². The minimum atomic E-state index is -0.481. The van der Waals surface area contributed by atoms with Crippen molar-refractivity contribution in [2.45, 2.75) is 79.1 Å². The van der Waals surface area contributed by atoms with Crippen LogP contribution in [0.5, 0.6) is 0 Å². The SMILES string of the molecule is CCN1CC(CC(O)C(C)(C)C)CC(NC(=O)OC(C)(C)C)C1. The number of amides is 1. The fraction of sp³-hybridized carbons (Fsp3) is 0.944. The molecule has 23 heavy (non-hydrogen) atoms. The number of aliphatic hydroxyl groups excluding tert-OH is 1. The van der Waals surface area contributed by atoms with Gasteiger partial charge in [-0.2, -0.15) is 0 Å². The Bertz CT molecular complexity index is 385. The Morgan fingerprint density at radius 3 is 2.35 bits per heavy atom. The van der Waals surface area contributed by atoms with E-state index in [0.29, 0.717) is 5.92 Å². The Balaban J connectivity index is 2.62. The molecule has 1 amide bonds. The highest BCUT2D eigenvalue weighted by atomic mass is 16.6. The molecule has 5 heteroatoms. The maximum atomic E-state index is 12.0. The van der Waals surface area contributed by atoms with Crippen LogP contribution < -0.4 is 5.32 Å². The number of hydrogen-bond acceptors (Lipinski definition) is 4. The van der Waals surface area contributed by atoms with Gasteiger partial charge in [0, 0.05) is 19.1 Å². The number of alkyl carbamates (subject to hydrolysis) is 1. The van der Waals surface area contributed by atoms with Crippen molar-refractivity contribution in [1.82, 2.24) is 10.2 Å². The van der Waals surface area contributed by atoms with Crippen molar-refractivity contribution < 1.29 is 14.6 Å². The Hall–Kier alpha value is -0.810. The van der Waals surface area contributed by atoms with E-state index in [9.17, 15) is 9.90 Å². The molecular weight excluding hydrogens is 292 g/mol. The number of hydrogen-bond donors (Lipinski definition) is 2. The van der Waals surface area contributed by atoms with E-state index in [1.165, 1.54) is 0 Å². The summed E-state index contributed by atoms with van der Waals surface area (Å²) in [5.74, 6) is 0.387. The summed E-state index contributed by atoms with van der Waals surface area (Å²) in [5.41, 5.74) is -0.590. The van der Waals surface area contributed by atoms with Gasteiger partial charge in [0.25, 0.3) is 0 Å². The summed E-state index contributed by atoms with van der Waals surface area (Å²) in [6.07, 6.45) is 0.983. The summed E-state index contributed by atoms with van der Waals surface area (Å²) in [6.45, 7) is 16.7. The number of likely N-dealkylation sites (N-methyl/N-ethyl adjacent to an activating group) is 1. The van der Waals surface area contributed by atoms with Gasteiger partial charge < -0.3 is 20.1 Å². The number of carbonyl (C=O) groups is 1. The summed E-state index contributed by atoms with van der Waals surface area (Å²) in [4.78, 5) is 14.3. The summed E-state index contributed by atoms with van der Waals surface area (Å²) in [7, 11) is 0. The molecule has 0 aromatic rings. The monoisotopic (exact) mass is 328 g/mol. The number of piperidine rings is 1. The van der Waals surface area contributed by atoms with Gasteiger partial charge in [0.05, 0.1) is 6.10 Å². The molecule has 0 spiro atoms. The van der Waals surface area contributed by atoms with E-state index in [1.54, 1.807) is 0 Å². The Kier molecular flexibility index (Phi) is 6.90. The average Bonchev–Trinajstić information content (AvgIpc) is 2.34. The Morgan fingerprint density at radius 1 is 1.26 bits per heavy atom. The highest BCUT2D eigenvalue weighted by molar-refractivity contribution is 5.68. The van der Waals surface area contributed by atoms with Crippen LogP contribution in [-0.4, -0.2) is 53.5 Å². The molecule has 1 saturated heterocycles. The molecule has 3 atom stereocenters. The lowest BCUT2D eigenvalue weighted by atomic mass is 9.80. The summed E-state index contributed by atoms with van der Waals surface area (Å²) >= 11 is 0. The van der Waals surface area contributed by atoms with Gasteiger partial charge >= 0.3 is 6.09 Å². The van der Waals surface area contributed by atoms with Gasteiger partial charge in [0.2, 0.25) is 0 Å². The first-order valence-corrected chi connectivity index (χ1v) is 8.80. The van der Waals surface area contributed by atoms with Gasteiger partial charge in [0.15, 0.2) is 0 Å². The first-order valence-electron chi connectivity index (χ1n) is 8.80. The Morgan fingerprint density at radius 2 is 1.87 bits per heavy atom. The van der Waals surface area contributed by atoms with Crippen LogP contribution in [0.4, 0.5) is 4.79 Å². The second kappa shape index (κ2) is 7.84. The second-order valence-electron chi connectivity index (χ2n) is 8.91. The third-order valence-corrected chi connectivity index (χ3v) is 4.34. The first-order chi connectivity index (χ1) is 10.4. The van der Waals surface area contributed by atoms with Crippen LogP contribution >= 0.6 is 0 Å². The number of aliphatic hydroxyl groups is 1. The van der Waals surface area contributed by atoms with Gasteiger partial charge in [-0.1, -0.05) is 27.7 Å². The maximum absolute atomic E-state index is 12.0. The fourth-order valence-corrected chi connectivity index (χ4v) is 2.98. The van der Waals surface area contributed by atoms with E-state index in [1.807, 2.05) is 20.8 Å². The molecule has 2 N–H and O–H groups in total. The predicted molar refractivity (Wildman–Crippen MR) is 93.5 cm³/mol. The molecule has 0 saturated carbocycles. The van der Waals surface area contributed by atoms with Crippen LogP contribution in [0, 0.1) is 11.3 Å². The number of likely N-dealkylation sites (tertiary alicyclic amines) is 1. The minimum Gasteiger partial charge on any atom is -0.444 e. The molecule has 3 unspecified atom stereocenters. The van der Waals surface area contributed by atoms with Crippen LogP contribution in [0.2, 0.25) is 0 Å². The van der Waals surface area contributed by atoms with E-state index in [4.69, 9.17) is 4.74 Å². The third kappa shape index (κ3) is 7.53. The Labute approximate surface area is 141 Å². The number of nitrogens with zero attached hydrogens (tertiary/aromatic N) is 1. The quantitative estimate of drug-likeness (QED) is 0.833. The lowest BCUT2D eigenvalue weighted by Crippen LogP contribution is -2.52. The summed E-state index contributed by atoms with van der Waals surface area (Å²) in [6, 6.07) is 0.0794. The number of carbonyl (C=O) groups excluding carboxylic acids is 1. The van der Waals surface area contributed by atoms with Crippen molar-refractivity contribution >= 4 is 6.09 Å². The molecule has 0 aromatic heterocycles. The van der Waals surface area contributed by atoms with Crippen molar-refractivity contribution in [1.29, 1.82) is 0 Å². The van der Waals surface area contributed by atoms with E-state index < -0.39 is 5.60 Å². The third-order valence-electron chi connectivity index (χ3n) is 4.34. The van der Waals surface area contributed by atoms with Crippen molar-refractivity contribution in [2.75, 3.05) is 19.6 Å². The zero-order valence-corrected chi connectivity index (χ0v) is 16.0. The highest BCUT2D eigenvalue weighted by Gasteiger charge is 2.32. The highest BCUT2D eigenvalue weighted by Crippen LogP contribution is 2.29. The molecular formula is C18H36N2O3. The first kappa shape index (κ1) is 20.2. The molecule has 0 aliphatic carbocycles. The van der Waals surface area contributed by atoms with Crippen molar-refractivity contribution in [3.8, 4) is 0 Å². The fourth-order valence-electron chi connectivity index (χ4n) is 2.98. The van der Waals surface area contributed by atoms with Crippen molar-refractivity contribution in [3.05, 3.63) is 0 Å². The normalized spacial score (nSPS) is 25.0. The minimum absolute atomic E-state index is 0.0794. The molecule has 1 aliphatic rings. The number of nitrogens with one attached hydrogen (secondary N) is 1. The molecule has 1 aliphatic heterocycles. The zero-order valence-electron chi connectivity index (χ0n) is 16.0. The largest absolute Gasteiger partial charge is 0.444 e. The second-order valence-corrected chi connectivity index (χ2v) is 8.91. The van der Waals surface area contributed by atoms with Gasteiger partial charge in [-0.3, -0.25) is 0 Å². The summed E-state index contributed by atoms with van der Waals surface area (Å²) < 4.78 is 5.36. The van der Waals surface area contributed by atoms with Crippen LogP contribution in [0.15, 0.2) is 0 Å². The van der Waals surface area contributed by atoms with E-state index in [0.717, 1.165) is 32.5 Å². The van der Waals surface area contributed by atoms with E-state index >= 15 is 0 Å². The number of rotatable bonds is 4. The molecule has 1 rings (SSSR count).